The molecule has 8 nitrogen and oxygen atoms in total. The number of hydrogen-bond donors (Lipinski definition) is 2. The highest BCUT2D eigenvalue weighted by molar-refractivity contribution is 5.93. The summed E-state index contributed by atoms with van der Waals surface area (Å²) in [6, 6.07) is 28.8. The van der Waals surface area contributed by atoms with Crippen molar-refractivity contribution in [2.45, 2.75) is 88.3 Å². The largest absolute Gasteiger partial charge is 0.391 e. The van der Waals surface area contributed by atoms with Gasteiger partial charge in [0.25, 0.3) is 0 Å². The Hall–Kier alpha value is -4.01. The van der Waals surface area contributed by atoms with Gasteiger partial charge in [-0.25, -0.2) is 0 Å². The number of hydrogen-bond acceptors (Lipinski definition) is 4. The van der Waals surface area contributed by atoms with E-state index < -0.39 is 23.6 Å². The number of aliphatic hydroxyl groups excluding tert-OH is 1. The summed E-state index contributed by atoms with van der Waals surface area (Å²) in [6.07, 6.45) is 6.79. The Morgan fingerprint density at radius 2 is 1.43 bits per heavy atom. The molecule has 6 rings (SSSR count). The molecule has 0 aromatic heterocycles. The first-order chi connectivity index (χ1) is 24.7. The van der Waals surface area contributed by atoms with Crippen LogP contribution in [0.3, 0.4) is 0 Å². The molecule has 51 heavy (non-hydrogen) atoms. The molecule has 0 bridgehead atoms. The van der Waals surface area contributed by atoms with Crippen molar-refractivity contribution in [2.75, 3.05) is 46.3 Å². The minimum absolute atomic E-state index is 0.0860. The van der Waals surface area contributed by atoms with Crippen LogP contribution in [-0.2, 0) is 19.8 Å². The summed E-state index contributed by atoms with van der Waals surface area (Å²) in [6.45, 7) is 6.90. The Morgan fingerprint density at radius 3 is 2.02 bits per heavy atom. The SMILES string of the molecule is CCCCC[N@@+]1(C)CCC[C@H](CNC(=O)[C@H]2CCCN2C(=O)[C@@H]2C[C@@H](O)CN2C(=O)CC(c2ccccc2)(c2ccccc2)c2ccccc2)C1. The summed E-state index contributed by atoms with van der Waals surface area (Å²) < 4.78 is 1.07. The first kappa shape index (κ1) is 36.8. The third-order valence-corrected chi connectivity index (χ3v) is 11.8. The number of quaternary nitrogens is 1. The third-order valence-electron chi connectivity index (χ3n) is 11.8. The van der Waals surface area contributed by atoms with E-state index in [1.165, 1.54) is 38.8 Å². The van der Waals surface area contributed by atoms with E-state index >= 15 is 0 Å². The first-order valence-electron chi connectivity index (χ1n) is 19.3. The van der Waals surface area contributed by atoms with Crippen LogP contribution in [0.4, 0.5) is 0 Å². The number of nitrogens with zero attached hydrogens (tertiary/aromatic N) is 3. The third kappa shape index (κ3) is 8.23. The van der Waals surface area contributed by atoms with Crippen LogP contribution in [0.5, 0.6) is 0 Å². The maximum absolute atomic E-state index is 14.6. The fraction of sp³-hybridized carbons (Fsp3) is 0.512. The van der Waals surface area contributed by atoms with Gasteiger partial charge in [-0.3, -0.25) is 14.4 Å². The second kappa shape index (κ2) is 16.6. The van der Waals surface area contributed by atoms with Crippen LogP contribution in [0, 0.1) is 5.92 Å². The fourth-order valence-corrected chi connectivity index (χ4v) is 9.16. The van der Waals surface area contributed by atoms with Gasteiger partial charge >= 0.3 is 0 Å². The number of carbonyl (C=O) groups is 3. The van der Waals surface area contributed by atoms with E-state index in [9.17, 15) is 19.5 Å². The van der Waals surface area contributed by atoms with Gasteiger partial charge in [0.2, 0.25) is 17.7 Å². The maximum Gasteiger partial charge on any atom is 0.246 e. The van der Waals surface area contributed by atoms with Crippen molar-refractivity contribution in [2.24, 2.45) is 5.92 Å². The van der Waals surface area contributed by atoms with E-state index in [-0.39, 0.29) is 37.1 Å². The first-order valence-corrected chi connectivity index (χ1v) is 19.3. The Morgan fingerprint density at radius 1 is 0.824 bits per heavy atom. The van der Waals surface area contributed by atoms with Crippen LogP contribution in [0.15, 0.2) is 91.0 Å². The number of β-amino-alcohol motifs (C(OH)–C–C–N with tert-alkyl or cyclic N) is 1. The number of amides is 3. The molecule has 0 aliphatic carbocycles. The molecule has 8 heteroatoms. The van der Waals surface area contributed by atoms with Crippen molar-refractivity contribution in [3.63, 3.8) is 0 Å². The highest BCUT2D eigenvalue weighted by Gasteiger charge is 2.47. The molecule has 3 fully saturated rings. The molecule has 3 aliphatic rings. The lowest BCUT2D eigenvalue weighted by Gasteiger charge is -2.41. The molecular weight excluding hydrogens is 636 g/mol. The second-order valence-electron chi connectivity index (χ2n) is 15.5. The summed E-state index contributed by atoms with van der Waals surface area (Å²) in [5, 5.41) is 14.2. The fourth-order valence-electron chi connectivity index (χ4n) is 9.16. The van der Waals surface area contributed by atoms with Gasteiger partial charge in [0, 0.05) is 38.4 Å². The average molecular weight is 694 g/mol. The molecule has 3 heterocycles. The molecule has 0 spiro atoms. The topological polar surface area (TPSA) is 89.9 Å². The van der Waals surface area contributed by atoms with Crippen molar-refractivity contribution in [3.05, 3.63) is 108 Å². The van der Waals surface area contributed by atoms with Crippen molar-refractivity contribution in [3.8, 4) is 0 Å². The average Bonchev–Trinajstić information content (AvgIpc) is 3.81. The summed E-state index contributed by atoms with van der Waals surface area (Å²) in [4.78, 5) is 46.0. The quantitative estimate of drug-likeness (QED) is 0.140. The number of carbonyl (C=O) groups excluding carboxylic acids is 3. The summed E-state index contributed by atoms with van der Waals surface area (Å²) in [5.74, 6) is -0.101. The summed E-state index contributed by atoms with van der Waals surface area (Å²) >= 11 is 0. The molecule has 5 atom stereocenters. The molecular formula is C43H57N4O4+. The molecule has 3 aliphatic heterocycles. The van der Waals surface area contributed by atoms with Gasteiger partial charge in [-0.1, -0.05) is 104 Å². The molecule has 3 aromatic carbocycles. The number of unbranched alkanes of at least 4 members (excludes halogenated alkanes) is 2. The Kier molecular flexibility index (Phi) is 11.9. The van der Waals surface area contributed by atoms with E-state index in [2.05, 4.69) is 55.7 Å². The summed E-state index contributed by atoms with van der Waals surface area (Å²) in [5.41, 5.74) is 2.12. The number of nitrogens with one attached hydrogen (secondary N) is 1. The minimum atomic E-state index is -0.819. The smallest absolute Gasteiger partial charge is 0.246 e. The number of likely N-dealkylation sites (tertiary alicyclic amines) is 3. The molecule has 3 aromatic rings. The van der Waals surface area contributed by atoms with E-state index in [0.29, 0.717) is 25.4 Å². The van der Waals surface area contributed by atoms with Crippen molar-refractivity contribution >= 4 is 17.7 Å². The molecule has 0 radical (unpaired) electrons. The van der Waals surface area contributed by atoms with Crippen molar-refractivity contribution in [1.29, 1.82) is 0 Å². The predicted molar refractivity (Wildman–Crippen MR) is 201 cm³/mol. The molecule has 2 N–H and O–H groups in total. The van der Waals surface area contributed by atoms with Crippen LogP contribution in [0.25, 0.3) is 0 Å². The lowest BCUT2D eigenvalue weighted by molar-refractivity contribution is -0.917. The minimum Gasteiger partial charge on any atom is -0.391 e. The lowest BCUT2D eigenvalue weighted by atomic mass is 9.67. The molecule has 3 saturated heterocycles. The van der Waals surface area contributed by atoms with Gasteiger partial charge in [-0.15, -0.1) is 0 Å². The van der Waals surface area contributed by atoms with Gasteiger partial charge in [-0.2, -0.15) is 0 Å². The van der Waals surface area contributed by atoms with Crippen LogP contribution in [-0.4, -0.2) is 102 Å². The predicted octanol–water partition coefficient (Wildman–Crippen LogP) is 5.53. The van der Waals surface area contributed by atoms with Gasteiger partial charge < -0.3 is 24.7 Å². The van der Waals surface area contributed by atoms with Gasteiger partial charge in [0.05, 0.1) is 38.2 Å². The zero-order chi connectivity index (χ0) is 35.8. The Labute approximate surface area is 304 Å². The second-order valence-corrected chi connectivity index (χ2v) is 15.5. The highest BCUT2D eigenvalue weighted by atomic mass is 16.3. The van der Waals surface area contributed by atoms with Crippen LogP contribution in [0.2, 0.25) is 0 Å². The Bertz CT molecular complexity index is 1510. The zero-order valence-corrected chi connectivity index (χ0v) is 30.6. The summed E-state index contributed by atoms with van der Waals surface area (Å²) in [7, 11) is 2.35. The highest BCUT2D eigenvalue weighted by Crippen LogP contribution is 2.43. The molecule has 0 unspecified atom stereocenters. The molecule has 272 valence electrons. The van der Waals surface area contributed by atoms with Crippen molar-refractivity contribution in [1.82, 2.24) is 15.1 Å². The van der Waals surface area contributed by atoms with E-state index in [0.717, 1.165) is 40.6 Å². The van der Waals surface area contributed by atoms with Crippen LogP contribution < -0.4 is 5.32 Å². The standard InChI is InChI=1S/C43H56N4O4/c1-3-4-14-26-47(2)27-16-17-33(32-47)30-44-41(50)38-24-15-25-45(38)42(51)39-28-37(48)31-46(39)40(49)29-43(34-18-8-5-9-19-34,35-20-10-6-11-21-35)36-22-12-7-13-23-36/h5-13,18-23,33,37-39,48H,3-4,14-17,24-32H2,1-2H3/p+1/t33-,37-,38-,39+,47+/m1/s1. The van der Waals surface area contributed by atoms with Gasteiger partial charge in [-0.05, 0) is 55.2 Å². The maximum atomic E-state index is 14.6. The number of benzene rings is 3. The number of piperidine rings is 1. The monoisotopic (exact) mass is 693 g/mol. The molecule has 3 amide bonds. The zero-order valence-electron chi connectivity index (χ0n) is 30.6. The van der Waals surface area contributed by atoms with Crippen LogP contribution >= 0.6 is 0 Å². The van der Waals surface area contributed by atoms with Gasteiger partial charge in [0.1, 0.15) is 12.1 Å². The van der Waals surface area contributed by atoms with E-state index in [1.807, 2.05) is 54.6 Å². The number of rotatable bonds is 13. The molecule has 0 saturated carbocycles. The van der Waals surface area contributed by atoms with E-state index in [4.69, 9.17) is 0 Å². The normalized spacial score (nSPS) is 25.2. The van der Waals surface area contributed by atoms with E-state index in [1.54, 1.807) is 9.80 Å². The Balaban J connectivity index is 1.18. The van der Waals surface area contributed by atoms with Crippen LogP contribution in [0.1, 0.15) is 81.4 Å². The number of aliphatic hydroxyl groups is 1. The van der Waals surface area contributed by atoms with Crippen molar-refractivity contribution < 1.29 is 24.0 Å². The lowest BCUT2D eigenvalue weighted by Crippen LogP contribution is -2.55. The van der Waals surface area contributed by atoms with Gasteiger partial charge in [0.15, 0.2) is 0 Å².